The first-order chi connectivity index (χ1) is 17.8. The maximum Gasteiger partial charge on any atom is 2.00 e. The monoisotopic (exact) mass is 657 g/mol. The number of aryl methyl sites for hydroxylation is 2. The van der Waals surface area contributed by atoms with E-state index in [0.29, 0.717) is 0 Å². The fourth-order valence-electron chi connectivity index (χ4n) is 5.38. The molecule has 6 aromatic heterocycles. The SMILES string of the molecule is [Pt+2].[c-]1cccc2c1c1nc(CCc3cn4c5cnccc5c5ccc[c-]c5c4n3)cn1c1cnccc21. The Bertz CT molecular complexity index is 1830. The number of nitrogens with zero attached hydrogens (tertiary/aromatic N) is 6. The van der Waals surface area contributed by atoms with E-state index in [2.05, 4.69) is 67.6 Å². The predicted octanol–water partition coefficient (Wildman–Crippen LogP) is 5.77. The molecule has 8 rings (SSSR count). The Balaban J connectivity index is 0.00000231. The van der Waals surface area contributed by atoms with Crippen molar-refractivity contribution in [3.05, 3.63) is 109 Å². The second-order valence-electron chi connectivity index (χ2n) is 9.05. The Morgan fingerprint density at radius 2 is 1.11 bits per heavy atom. The molecule has 0 atom stereocenters. The molecule has 37 heavy (non-hydrogen) atoms. The maximum atomic E-state index is 5.01. The summed E-state index contributed by atoms with van der Waals surface area (Å²) in [6.07, 6.45) is 13.3. The van der Waals surface area contributed by atoms with Crippen LogP contribution in [-0.4, -0.2) is 28.7 Å². The molecule has 7 heteroatoms. The van der Waals surface area contributed by atoms with Gasteiger partial charge in [-0.2, -0.15) is 0 Å². The minimum Gasteiger partial charge on any atom is -0.339 e. The molecular weight excluding hydrogens is 639 g/mol. The number of benzene rings is 2. The zero-order valence-electron chi connectivity index (χ0n) is 19.5. The maximum absolute atomic E-state index is 5.01. The number of fused-ring (bicyclic) bond motifs is 12. The van der Waals surface area contributed by atoms with Gasteiger partial charge in [0.25, 0.3) is 0 Å². The van der Waals surface area contributed by atoms with Crippen molar-refractivity contribution in [3.8, 4) is 0 Å². The van der Waals surface area contributed by atoms with Crippen molar-refractivity contribution in [2.75, 3.05) is 0 Å². The van der Waals surface area contributed by atoms with Gasteiger partial charge in [-0.25, -0.2) is 0 Å². The van der Waals surface area contributed by atoms with Gasteiger partial charge < -0.3 is 8.80 Å². The fourth-order valence-corrected chi connectivity index (χ4v) is 5.38. The molecular formula is C30H18N6Pt. The smallest absolute Gasteiger partial charge is 0.339 e. The van der Waals surface area contributed by atoms with E-state index in [1.165, 1.54) is 0 Å². The molecule has 0 saturated heterocycles. The van der Waals surface area contributed by atoms with Gasteiger partial charge in [-0.1, -0.05) is 10.8 Å². The van der Waals surface area contributed by atoms with Crippen molar-refractivity contribution in [2.24, 2.45) is 0 Å². The van der Waals surface area contributed by atoms with Crippen molar-refractivity contribution in [1.82, 2.24) is 28.7 Å². The Hall–Kier alpha value is -4.15. The van der Waals surface area contributed by atoms with Crippen molar-refractivity contribution in [2.45, 2.75) is 12.8 Å². The molecule has 0 unspecified atom stereocenters. The summed E-state index contributed by atoms with van der Waals surface area (Å²) in [5.74, 6) is 0. The Morgan fingerprint density at radius 3 is 1.59 bits per heavy atom. The summed E-state index contributed by atoms with van der Waals surface area (Å²) < 4.78 is 4.28. The topological polar surface area (TPSA) is 60.4 Å². The molecule has 0 bridgehead atoms. The average molecular weight is 658 g/mol. The zero-order valence-corrected chi connectivity index (χ0v) is 21.8. The molecule has 6 nitrogen and oxygen atoms in total. The number of aromatic nitrogens is 6. The summed E-state index contributed by atoms with van der Waals surface area (Å²) in [6, 6.07) is 23.1. The Labute approximate surface area is 225 Å². The van der Waals surface area contributed by atoms with E-state index in [0.717, 1.165) is 78.9 Å². The second kappa shape index (κ2) is 8.46. The predicted molar refractivity (Wildman–Crippen MR) is 141 cm³/mol. The van der Waals surface area contributed by atoms with E-state index >= 15 is 0 Å². The van der Waals surface area contributed by atoms with Crippen LogP contribution in [0.15, 0.2) is 85.7 Å². The third-order valence-corrected chi connectivity index (χ3v) is 7.01. The molecule has 0 saturated carbocycles. The molecule has 2 aromatic carbocycles. The molecule has 0 aliphatic rings. The van der Waals surface area contributed by atoms with Crippen LogP contribution in [0.1, 0.15) is 11.4 Å². The zero-order chi connectivity index (χ0) is 23.6. The van der Waals surface area contributed by atoms with Crippen molar-refractivity contribution < 1.29 is 21.1 Å². The summed E-state index contributed by atoms with van der Waals surface area (Å²) in [5, 5.41) is 6.63. The van der Waals surface area contributed by atoms with Gasteiger partial charge >= 0.3 is 21.1 Å². The van der Waals surface area contributed by atoms with Crippen LogP contribution < -0.4 is 0 Å². The van der Waals surface area contributed by atoms with Crippen LogP contribution in [0, 0.1) is 12.1 Å². The van der Waals surface area contributed by atoms with Gasteiger partial charge in [0.15, 0.2) is 0 Å². The number of rotatable bonds is 3. The van der Waals surface area contributed by atoms with Crippen molar-refractivity contribution in [3.63, 3.8) is 0 Å². The van der Waals surface area contributed by atoms with Gasteiger partial charge in [0.2, 0.25) is 0 Å². The molecule has 0 aliphatic carbocycles. The standard InChI is InChI=1S/C30H18N6.Pt/c1-3-7-25-21(5-1)23-11-13-31-15-27(23)35-17-19(33-29(25)35)9-10-20-18-36-28-16-32-14-12-24(28)22-6-2-4-8-26(22)30(36)34-20;/h1-6,11-18H,9-10H2;/q-2;+2. The van der Waals surface area contributed by atoms with Crippen LogP contribution in [0.4, 0.5) is 0 Å². The van der Waals surface area contributed by atoms with E-state index in [4.69, 9.17) is 9.97 Å². The fraction of sp³-hybridized carbons (Fsp3) is 0.0667. The molecule has 178 valence electrons. The summed E-state index contributed by atoms with van der Waals surface area (Å²) in [4.78, 5) is 18.8. The number of pyridine rings is 4. The van der Waals surface area contributed by atoms with Crippen LogP contribution in [0.25, 0.3) is 54.6 Å². The summed E-state index contributed by atoms with van der Waals surface area (Å²) >= 11 is 0. The number of hydrogen-bond acceptors (Lipinski definition) is 4. The minimum atomic E-state index is 0. The van der Waals surface area contributed by atoms with Crippen molar-refractivity contribution >= 4 is 54.6 Å². The van der Waals surface area contributed by atoms with Crippen LogP contribution in [0.5, 0.6) is 0 Å². The van der Waals surface area contributed by atoms with Gasteiger partial charge in [-0.05, 0) is 35.7 Å². The van der Waals surface area contributed by atoms with Crippen LogP contribution in [0.3, 0.4) is 0 Å². The first-order valence-electron chi connectivity index (χ1n) is 11.9. The molecule has 0 radical (unpaired) electrons. The first kappa shape index (κ1) is 22.1. The Morgan fingerprint density at radius 1 is 0.622 bits per heavy atom. The molecule has 0 aliphatic heterocycles. The van der Waals surface area contributed by atoms with Crippen molar-refractivity contribution in [1.29, 1.82) is 0 Å². The van der Waals surface area contributed by atoms with Crippen LogP contribution in [-0.2, 0) is 33.9 Å². The average Bonchev–Trinajstić information content (AvgIpc) is 3.58. The van der Waals surface area contributed by atoms with Gasteiger partial charge in [0.05, 0.1) is 22.3 Å². The molecule has 0 spiro atoms. The largest absolute Gasteiger partial charge is 2.00 e. The van der Waals surface area contributed by atoms with E-state index in [9.17, 15) is 0 Å². The van der Waals surface area contributed by atoms with E-state index < -0.39 is 0 Å². The van der Waals surface area contributed by atoms with E-state index in [1.807, 2.05) is 49.1 Å². The first-order valence-corrected chi connectivity index (χ1v) is 11.9. The van der Waals surface area contributed by atoms with Crippen LogP contribution in [0.2, 0.25) is 0 Å². The quantitative estimate of drug-likeness (QED) is 0.179. The third kappa shape index (κ3) is 3.29. The summed E-state index contributed by atoms with van der Waals surface area (Å²) in [7, 11) is 0. The molecule has 0 fully saturated rings. The summed E-state index contributed by atoms with van der Waals surface area (Å²) in [5.41, 5.74) is 5.96. The third-order valence-electron chi connectivity index (χ3n) is 7.01. The van der Waals surface area contributed by atoms with Gasteiger partial charge in [0.1, 0.15) is 0 Å². The number of hydrogen-bond donors (Lipinski definition) is 0. The molecule has 0 amide bonds. The Kier molecular flexibility index (Phi) is 5.05. The molecule has 0 N–H and O–H groups in total. The molecule has 8 aromatic rings. The van der Waals surface area contributed by atoms with E-state index in [1.54, 1.807) is 0 Å². The minimum absolute atomic E-state index is 0. The van der Waals surface area contributed by atoms with Gasteiger partial charge in [-0.15, -0.1) is 59.3 Å². The summed E-state index contributed by atoms with van der Waals surface area (Å²) in [6.45, 7) is 0. The van der Waals surface area contributed by atoms with Crippen LogP contribution >= 0.6 is 0 Å². The van der Waals surface area contributed by atoms with Gasteiger partial charge in [-0.3, -0.25) is 19.9 Å². The normalized spacial score (nSPS) is 11.8. The molecule has 6 heterocycles. The van der Waals surface area contributed by atoms with Gasteiger partial charge in [0, 0.05) is 48.6 Å². The second-order valence-corrected chi connectivity index (χ2v) is 9.05. The van der Waals surface area contributed by atoms with E-state index in [-0.39, 0.29) is 21.1 Å². The number of imidazole rings is 2.